The average molecular weight is 217 g/mol. The monoisotopic (exact) mass is 217 g/mol. The van der Waals surface area contributed by atoms with Crippen LogP contribution in [0.3, 0.4) is 0 Å². The molecular weight excluding hydrogens is 205 g/mol. The number of benzene rings is 1. The van der Waals surface area contributed by atoms with Crippen molar-refractivity contribution in [1.82, 2.24) is 4.90 Å². The zero-order valence-corrected chi connectivity index (χ0v) is 9.03. The fraction of sp³-hybridized carbons (Fsp3) is 0.308. The number of hydrogen-bond acceptors (Lipinski definition) is 1. The largest absolute Gasteiger partial charge is 0.325 e. The summed E-state index contributed by atoms with van der Waals surface area (Å²) in [6.07, 6.45) is 0. The molecule has 1 saturated heterocycles. The first-order valence-corrected chi connectivity index (χ1v) is 5.12. The molecule has 2 rings (SSSR count). The van der Waals surface area contributed by atoms with Crippen molar-refractivity contribution in [1.29, 1.82) is 0 Å². The van der Waals surface area contributed by atoms with Gasteiger partial charge >= 0.3 is 0 Å². The highest BCUT2D eigenvalue weighted by Crippen LogP contribution is 2.35. The van der Waals surface area contributed by atoms with Crippen LogP contribution >= 0.6 is 0 Å². The first-order valence-electron chi connectivity index (χ1n) is 5.12. The van der Waals surface area contributed by atoms with Crippen molar-refractivity contribution in [2.75, 3.05) is 13.1 Å². The van der Waals surface area contributed by atoms with E-state index in [4.69, 9.17) is 0 Å². The molecule has 0 radical (unpaired) electrons. The number of carbonyl (C=O) groups excluding carboxylic acids is 1. The molecule has 0 spiro atoms. The SMILES string of the molecule is CC#CC(=O)N1CC(F)(c2ccccc2)C1. The van der Waals surface area contributed by atoms with Gasteiger partial charge in [0, 0.05) is 0 Å². The maximum absolute atomic E-state index is 14.2. The second-order valence-electron chi connectivity index (χ2n) is 3.87. The Morgan fingerprint density at radius 1 is 1.38 bits per heavy atom. The molecule has 0 N–H and O–H groups in total. The van der Waals surface area contributed by atoms with Gasteiger partial charge in [0.25, 0.3) is 5.91 Å². The summed E-state index contributed by atoms with van der Waals surface area (Å²) in [5, 5.41) is 0. The summed E-state index contributed by atoms with van der Waals surface area (Å²) in [5.41, 5.74) is -0.768. The van der Waals surface area contributed by atoms with E-state index in [1.807, 2.05) is 6.07 Å². The molecular formula is C13H12FNO. The number of halogens is 1. The summed E-state index contributed by atoms with van der Waals surface area (Å²) in [4.78, 5) is 12.8. The van der Waals surface area contributed by atoms with E-state index in [-0.39, 0.29) is 19.0 Å². The van der Waals surface area contributed by atoms with E-state index in [0.717, 1.165) is 0 Å². The van der Waals surface area contributed by atoms with Crippen molar-refractivity contribution in [2.24, 2.45) is 0 Å². The Hall–Kier alpha value is -1.82. The van der Waals surface area contributed by atoms with Crippen molar-refractivity contribution in [3.05, 3.63) is 35.9 Å². The minimum Gasteiger partial charge on any atom is -0.325 e. The first kappa shape index (κ1) is 10.7. The van der Waals surface area contributed by atoms with Gasteiger partial charge in [0.1, 0.15) is 0 Å². The molecule has 1 aliphatic rings. The molecule has 1 aliphatic heterocycles. The van der Waals surface area contributed by atoms with Gasteiger partial charge < -0.3 is 4.90 Å². The summed E-state index contributed by atoms with van der Waals surface area (Å²) in [6, 6.07) is 8.93. The molecule has 16 heavy (non-hydrogen) atoms. The van der Waals surface area contributed by atoms with Crippen LogP contribution in [0.15, 0.2) is 30.3 Å². The average Bonchev–Trinajstić information content (AvgIpc) is 2.26. The molecule has 2 nitrogen and oxygen atoms in total. The molecule has 1 heterocycles. The molecule has 1 amide bonds. The van der Waals surface area contributed by atoms with Crippen molar-refractivity contribution < 1.29 is 9.18 Å². The molecule has 1 fully saturated rings. The van der Waals surface area contributed by atoms with Crippen LogP contribution in [-0.2, 0) is 10.5 Å². The number of amides is 1. The zero-order chi connectivity index (χ0) is 11.6. The Labute approximate surface area is 94.1 Å². The number of carbonyl (C=O) groups is 1. The Morgan fingerprint density at radius 2 is 2.00 bits per heavy atom. The van der Waals surface area contributed by atoms with Crippen LogP contribution in [0, 0.1) is 11.8 Å². The Balaban J connectivity index is 2.06. The van der Waals surface area contributed by atoms with Gasteiger partial charge in [-0.15, -0.1) is 0 Å². The topological polar surface area (TPSA) is 20.3 Å². The molecule has 0 unspecified atom stereocenters. The van der Waals surface area contributed by atoms with Crippen LogP contribution in [0.1, 0.15) is 12.5 Å². The predicted molar refractivity (Wildman–Crippen MR) is 59.3 cm³/mol. The fourth-order valence-electron chi connectivity index (χ4n) is 1.81. The number of nitrogens with zero attached hydrogens (tertiary/aromatic N) is 1. The number of likely N-dealkylation sites (tertiary alicyclic amines) is 1. The summed E-state index contributed by atoms with van der Waals surface area (Å²) >= 11 is 0. The van der Waals surface area contributed by atoms with E-state index in [1.165, 1.54) is 4.90 Å². The predicted octanol–water partition coefficient (Wildman–Crippen LogP) is 1.72. The highest BCUT2D eigenvalue weighted by Gasteiger charge is 2.46. The lowest BCUT2D eigenvalue weighted by atomic mass is 9.88. The second-order valence-corrected chi connectivity index (χ2v) is 3.87. The molecule has 0 aliphatic carbocycles. The fourth-order valence-corrected chi connectivity index (χ4v) is 1.81. The first-order chi connectivity index (χ1) is 7.65. The van der Waals surface area contributed by atoms with Gasteiger partial charge in [0.15, 0.2) is 5.67 Å². The second kappa shape index (κ2) is 3.97. The van der Waals surface area contributed by atoms with Crippen LogP contribution in [0.2, 0.25) is 0 Å². The summed E-state index contributed by atoms with van der Waals surface area (Å²) in [6.45, 7) is 1.80. The molecule has 0 aromatic heterocycles. The van der Waals surface area contributed by atoms with E-state index < -0.39 is 5.67 Å². The van der Waals surface area contributed by atoms with Gasteiger partial charge in [-0.3, -0.25) is 4.79 Å². The van der Waals surface area contributed by atoms with E-state index in [2.05, 4.69) is 11.8 Å². The lowest BCUT2D eigenvalue weighted by Gasteiger charge is -2.43. The lowest BCUT2D eigenvalue weighted by Crippen LogP contribution is -2.58. The van der Waals surface area contributed by atoms with Gasteiger partial charge in [0.2, 0.25) is 0 Å². The molecule has 1 aromatic rings. The van der Waals surface area contributed by atoms with Gasteiger partial charge in [0.05, 0.1) is 13.1 Å². The summed E-state index contributed by atoms with van der Waals surface area (Å²) in [5.74, 6) is 4.63. The Bertz CT molecular complexity index is 452. The minimum absolute atomic E-state index is 0.102. The van der Waals surface area contributed by atoms with Gasteiger partial charge in [-0.2, -0.15) is 0 Å². The van der Waals surface area contributed by atoms with Crippen molar-refractivity contribution in [3.63, 3.8) is 0 Å². The van der Waals surface area contributed by atoms with Crippen molar-refractivity contribution in [2.45, 2.75) is 12.6 Å². The minimum atomic E-state index is -1.40. The van der Waals surface area contributed by atoms with E-state index in [0.29, 0.717) is 5.56 Å². The molecule has 3 heteroatoms. The molecule has 0 atom stereocenters. The standard InChI is InChI=1S/C13H12FNO/c1-2-6-12(16)15-9-13(14,10-15)11-7-4-3-5-8-11/h3-5,7-8H,9-10H2,1H3. The molecule has 1 aromatic carbocycles. The summed E-state index contributed by atoms with van der Waals surface area (Å²) < 4.78 is 14.2. The van der Waals surface area contributed by atoms with Crippen molar-refractivity contribution >= 4 is 5.91 Å². The number of rotatable bonds is 1. The molecule has 0 saturated carbocycles. The quantitative estimate of drug-likeness (QED) is 0.656. The maximum atomic E-state index is 14.2. The van der Waals surface area contributed by atoms with E-state index in [1.54, 1.807) is 31.2 Å². The highest BCUT2D eigenvalue weighted by molar-refractivity contribution is 5.94. The molecule has 82 valence electrons. The van der Waals surface area contributed by atoms with Crippen LogP contribution in [0.4, 0.5) is 4.39 Å². The number of alkyl halides is 1. The smallest absolute Gasteiger partial charge is 0.298 e. The number of hydrogen-bond donors (Lipinski definition) is 0. The Kier molecular flexibility index (Phi) is 2.66. The zero-order valence-electron chi connectivity index (χ0n) is 9.03. The van der Waals surface area contributed by atoms with Gasteiger partial charge in [-0.1, -0.05) is 36.3 Å². The van der Waals surface area contributed by atoms with Gasteiger partial charge in [-0.05, 0) is 18.4 Å². The van der Waals surface area contributed by atoms with Crippen LogP contribution < -0.4 is 0 Å². The third-order valence-electron chi connectivity index (χ3n) is 2.69. The maximum Gasteiger partial charge on any atom is 0.298 e. The van der Waals surface area contributed by atoms with Crippen molar-refractivity contribution in [3.8, 4) is 11.8 Å². The van der Waals surface area contributed by atoms with Crippen LogP contribution in [-0.4, -0.2) is 23.9 Å². The molecule has 0 bridgehead atoms. The third kappa shape index (κ3) is 1.79. The van der Waals surface area contributed by atoms with Crippen LogP contribution in [0.25, 0.3) is 0 Å². The summed E-state index contributed by atoms with van der Waals surface area (Å²) in [7, 11) is 0. The van der Waals surface area contributed by atoms with E-state index in [9.17, 15) is 9.18 Å². The lowest BCUT2D eigenvalue weighted by molar-refractivity contribution is -0.139. The van der Waals surface area contributed by atoms with Gasteiger partial charge in [-0.25, -0.2) is 4.39 Å². The van der Waals surface area contributed by atoms with E-state index >= 15 is 0 Å². The Morgan fingerprint density at radius 3 is 2.56 bits per heavy atom. The normalized spacial score (nSPS) is 17.0. The highest BCUT2D eigenvalue weighted by atomic mass is 19.1. The third-order valence-corrected chi connectivity index (χ3v) is 2.69. The van der Waals surface area contributed by atoms with Crippen LogP contribution in [0.5, 0.6) is 0 Å².